The number of carbonyl (C=O) groups is 2. The third-order valence-corrected chi connectivity index (χ3v) is 4.10. The molecule has 0 aliphatic heterocycles. The van der Waals surface area contributed by atoms with Crippen LogP contribution in [0.4, 0.5) is 10.5 Å². The normalized spacial score (nSPS) is 15.2. The lowest BCUT2D eigenvalue weighted by Gasteiger charge is -2.22. The van der Waals surface area contributed by atoms with Gasteiger partial charge >= 0.3 is 6.03 Å². The van der Waals surface area contributed by atoms with E-state index < -0.39 is 0 Å². The van der Waals surface area contributed by atoms with Gasteiger partial charge in [-0.1, -0.05) is 37.5 Å². The smallest absolute Gasteiger partial charge is 0.315 e. The van der Waals surface area contributed by atoms with E-state index in [0.717, 1.165) is 42.5 Å². The van der Waals surface area contributed by atoms with Crippen LogP contribution in [0.25, 0.3) is 0 Å². The summed E-state index contributed by atoms with van der Waals surface area (Å²) in [6.07, 6.45) is 5.64. The minimum absolute atomic E-state index is 0.0215. The van der Waals surface area contributed by atoms with Gasteiger partial charge in [0.2, 0.25) is 5.91 Å². The number of urea groups is 1. The summed E-state index contributed by atoms with van der Waals surface area (Å²) in [5.74, 6) is -0.212. The van der Waals surface area contributed by atoms with Crippen molar-refractivity contribution >= 4 is 17.6 Å². The standard InChI is InChI=1S/C17H25N3O2/c1-12-7-6-8-13(2)16(12)20-15(21)11-18-17(22)19-14-9-4-3-5-10-14/h6-8,14H,3-5,9-11H2,1-2H3,(H,20,21)(H2,18,19,22). The van der Waals surface area contributed by atoms with E-state index in [1.165, 1.54) is 6.42 Å². The fraction of sp³-hybridized carbons (Fsp3) is 0.529. The highest BCUT2D eigenvalue weighted by Gasteiger charge is 2.16. The quantitative estimate of drug-likeness (QED) is 0.800. The highest BCUT2D eigenvalue weighted by molar-refractivity contribution is 5.95. The Morgan fingerprint density at radius 2 is 1.73 bits per heavy atom. The topological polar surface area (TPSA) is 70.2 Å². The van der Waals surface area contributed by atoms with E-state index in [9.17, 15) is 9.59 Å². The van der Waals surface area contributed by atoms with Gasteiger partial charge in [-0.25, -0.2) is 4.79 Å². The average molecular weight is 303 g/mol. The number of hydrogen-bond donors (Lipinski definition) is 3. The molecule has 0 bridgehead atoms. The Balaban J connectivity index is 1.76. The molecule has 0 heterocycles. The first-order valence-electron chi connectivity index (χ1n) is 7.96. The third kappa shape index (κ3) is 4.76. The van der Waals surface area contributed by atoms with Crippen LogP contribution in [0.5, 0.6) is 0 Å². The lowest BCUT2D eigenvalue weighted by atomic mass is 9.96. The summed E-state index contributed by atoms with van der Waals surface area (Å²) in [5, 5.41) is 8.41. The molecule has 2 rings (SSSR count). The van der Waals surface area contributed by atoms with Gasteiger partial charge in [0.05, 0.1) is 6.54 Å². The van der Waals surface area contributed by atoms with Crippen LogP contribution < -0.4 is 16.0 Å². The number of nitrogens with one attached hydrogen (secondary N) is 3. The number of benzene rings is 1. The Morgan fingerprint density at radius 3 is 2.36 bits per heavy atom. The van der Waals surface area contributed by atoms with E-state index in [2.05, 4.69) is 16.0 Å². The van der Waals surface area contributed by atoms with Crippen molar-refractivity contribution in [3.63, 3.8) is 0 Å². The molecule has 0 unspecified atom stereocenters. The van der Waals surface area contributed by atoms with Crippen molar-refractivity contribution in [3.05, 3.63) is 29.3 Å². The third-order valence-electron chi connectivity index (χ3n) is 4.10. The maximum absolute atomic E-state index is 12.0. The number of carbonyl (C=O) groups excluding carboxylic acids is 2. The van der Waals surface area contributed by atoms with Gasteiger partial charge in [0.15, 0.2) is 0 Å². The van der Waals surface area contributed by atoms with E-state index >= 15 is 0 Å². The van der Waals surface area contributed by atoms with Crippen molar-refractivity contribution in [2.75, 3.05) is 11.9 Å². The lowest BCUT2D eigenvalue weighted by molar-refractivity contribution is -0.115. The zero-order chi connectivity index (χ0) is 15.9. The molecular formula is C17H25N3O2. The maximum atomic E-state index is 12.0. The average Bonchev–Trinajstić information content (AvgIpc) is 2.50. The molecule has 0 saturated heterocycles. The van der Waals surface area contributed by atoms with Crippen molar-refractivity contribution in [2.45, 2.75) is 52.0 Å². The molecule has 1 saturated carbocycles. The van der Waals surface area contributed by atoms with E-state index in [1.54, 1.807) is 0 Å². The molecule has 1 aliphatic carbocycles. The van der Waals surface area contributed by atoms with Gasteiger partial charge in [-0.05, 0) is 37.8 Å². The molecule has 0 radical (unpaired) electrons. The molecular weight excluding hydrogens is 278 g/mol. The zero-order valence-electron chi connectivity index (χ0n) is 13.4. The molecule has 1 fully saturated rings. The van der Waals surface area contributed by atoms with Gasteiger partial charge in [0.25, 0.3) is 0 Å². The van der Waals surface area contributed by atoms with Crippen molar-refractivity contribution in [1.29, 1.82) is 0 Å². The first-order chi connectivity index (χ1) is 10.6. The highest BCUT2D eigenvalue weighted by Crippen LogP contribution is 2.19. The first-order valence-corrected chi connectivity index (χ1v) is 7.96. The molecule has 120 valence electrons. The van der Waals surface area contributed by atoms with Crippen LogP contribution >= 0.6 is 0 Å². The number of para-hydroxylation sites is 1. The largest absolute Gasteiger partial charge is 0.335 e. The SMILES string of the molecule is Cc1cccc(C)c1NC(=O)CNC(=O)NC1CCCCC1. The minimum Gasteiger partial charge on any atom is -0.335 e. The summed E-state index contributed by atoms with van der Waals surface area (Å²) in [5.41, 5.74) is 2.85. The molecule has 1 aromatic rings. The summed E-state index contributed by atoms with van der Waals surface area (Å²) in [4.78, 5) is 23.8. The molecule has 22 heavy (non-hydrogen) atoms. The van der Waals surface area contributed by atoms with Crippen molar-refractivity contribution < 1.29 is 9.59 Å². The van der Waals surface area contributed by atoms with Gasteiger partial charge in [-0.15, -0.1) is 0 Å². The number of hydrogen-bond acceptors (Lipinski definition) is 2. The number of anilines is 1. The predicted octanol–water partition coefficient (Wildman–Crippen LogP) is 2.87. The number of rotatable bonds is 4. The molecule has 3 amide bonds. The van der Waals surface area contributed by atoms with Gasteiger partial charge in [-0.2, -0.15) is 0 Å². The Morgan fingerprint density at radius 1 is 1.09 bits per heavy atom. The Kier molecular flexibility index (Phi) is 5.81. The Labute approximate surface area is 131 Å². The van der Waals surface area contributed by atoms with Crippen LogP contribution in [0.2, 0.25) is 0 Å². The molecule has 0 aromatic heterocycles. The zero-order valence-corrected chi connectivity index (χ0v) is 13.4. The summed E-state index contributed by atoms with van der Waals surface area (Å²) in [7, 11) is 0. The monoisotopic (exact) mass is 303 g/mol. The van der Waals surface area contributed by atoms with Crippen molar-refractivity contribution in [3.8, 4) is 0 Å². The second kappa shape index (κ2) is 7.82. The summed E-state index contributed by atoms with van der Waals surface area (Å²) >= 11 is 0. The molecule has 3 N–H and O–H groups in total. The Hall–Kier alpha value is -2.04. The summed E-state index contributed by atoms with van der Waals surface area (Å²) in [6.45, 7) is 3.88. The molecule has 1 aromatic carbocycles. The van der Waals surface area contributed by atoms with Crippen molar-refractivity contribution in [2.24, 2.45) is 0 Å². The highest BCUT2D eigenvalue weighted by atomic mass is 16.2. The van der Waals surface area contributed by atoms with Crippen LogP contribution in [0.15, 0.2) is 18.2 Å². The summed E-state index contributed by atoms with van der Waals surface area (Å²) in [6, 6.07) is 5.84. The van der Waals surface area contributed by atoms with E-state index in [-0.39, 0.29) is 24.5 Å². The maximum Gasteiger partial charge on any atom is 0.315 e. The van der Waals surface area contributed by atoms with Crippen molar-refractivity contribution in [1.82, 2.24) is 10.6 Å². The number of aryl methyl sites for hydroxylation is 2. The molecule has 0 atom stereocenters. The Bertz CT molecular complexity index is 516. The van der Waals surface area contributed by atoms with E-state index in [4.69, 9.17) is 0 Å². The fourth-order valence-corrected chi connectivity index (χ4v) is 2.84. The summed E-state index contributed by atoms with van der Waals surface area (Å²) < 4.78 is 0. The minimum atomic E-state index is -0.261. The van der Waals surface area contributed by atoms with Gasteiger partial charge in [-0.3, -0.25) is 4.79 Å². The van der Waals surface area contributed by atoms with E-state index in [1.807, 2.05) is 32.0 Å². The lowest BCUT2D eigenvalue weighted by Crippen LogP contribution is -2.45. The van der Waals surface area contributed by atoms with Crippen LogP contribution in [-0.4, -0.2) is 24.5 Å². The van der Waals surface area contributed by atoms with Crippen LogP contribution in [0.1, 0.15) is 43.2 Å². The second-order valence-electron chi connectivity index (χ2n) is 5.98. The molecule has 0 spiro atoms. The van der Waals surface area contributed by atoms with Crippen LogP contribution in [0.3, 0.4) is 0 Å². The van der Waals surface area contributed by atoms with Gasteiger partial charge in [0, 0.05) is 11.7 Å². The fourth-order valence-electron chi connectivity index (χ4n) is 2.84. The second-order valence-corrected chi connectivity index (χ2v) is 5.98. The number of amides is 3. The molecule has 5 nitrogen and oxygen atoms in total. The molecule has 1 aliphatic rings. The van der Waals surface area contributed by atoms with E-state index in [0.29, 0.717) is 0 Å². The van der Waals surface area contributed by atoms with Crippen LogP contribution in [0, 0.1) is 13.8 Å². The van der Waals surface area contributed by atoms with Gasteiger partial charge in [0.1, 0.15) is 0 Å². The van der Waals surface area contributed by atoms with Crippen LogP contribution in [-0.2, 0) is 4.79 Å². The predicted molar refractivity (Wildman–Crippen MR) is 88.0 cm³/mol. The first kappa shape index (κ1) is 16.3. The van der Waals surface area contributed by atoms with Gasteiger partial charge < -0.3 is 16.0 Å². The molecule has 5 heteroatoms.